The number of halogens is 1. The fourth-order valence-corrected chi connectivity index (χ4v) is 2.88. The molecule has 0 amide bonds. The summed E-state index contributed by atoms with van der Waals surface area (Å²) in [5, 5.41) is 28.3. The minimum atomic E-state index is -1.50. The highest BCUT2D eigenvalue weighted by Crippen LogP contribution is 2.26. The topological polar surface area (TPSA) is 136 Å². The fourth-order valence-electron chi connectivity index (χ4n) is 2.76. The van der Waals surface area contributed by atoms with Crippen LogP contribution in [0.4, 0.5) is 11.4 Å². The Morgan fingerprint density at radius 1 is 0.935 bits per heavy atom. The van der Waals surface area contributed by atoms with Crippen LogP contribution in [0.5, 0.6) is 0 Å². The minimum absolute atomic E-state index is 0.0186. The lowest BCUT2D eigenvalue weighted by Crippen LogP contribution is -2.15. The lowest BCUT2D eigenvalue weighted by molar-refractivity contribution is -0.742. The van der Waals surface area contributed by atoms with Crippen LogP contribution < -0.4 is 5.32 Å². The molecule has 1 atom stereocenters. The number of nitro benzene ring substituents is 1. The van der Waals surface area contributed by atoms with Gasteiger partial charge in [0.2, 0.25) is 0 Å². The van der Waals surface area contributed by atoms with Crippen molar-refractivity contribution < 1.29 is 20.0 Å². The van der Waals surface area contributed by atoms with E-state index in [0.717, 1.165) is 5.56 Å². The first-order valence-electron chi connectivity index (χ1n) is 8.94. The molecule has 0 aliphatic carbocycles. The molecule has 1 unspecified atom stereocenters. The number of nitro groups is 1. The van der Waals surface area contributed by atoms with Crippen LogP contribution in [-0.2, 0) is 0 Å². The van der Waals surface area contributed by atoms with E-state index in [4.69, 9.17) is 26.9 Å². The summed E-state index contributed by atoms with van der Waals surface area (Å²) in [5.74, 6) is -0.0186. The van der Waals surface area contributed by atoms with Gasteiger partial charge < -0.3 is 10.5 Å². The molecule has 0 saturated carbocycles. The molecule has 10 heteroatoms. The molecule has 0 radical (unpaired) electrons. The zero-order valence-electron chi connectivity index (χ0n) is 16.1. The van der Waals surface area contributed by atoms with Gasteiger partial charge in [0.1, 0.15) is 0 Å². The van der Waals surface area contributed by atoms with Crippen molar-refractivity contribution in [2.24, 2.45) is 0 Å². The summed E-state index contributed by atoms with van der Waals surface area (Å²) >= 11 is 5.89. The molecule has 3 aromatic carbocycles. The van der Waals surface area contributed by atoms with Gasteiger partial charge in [-0.3, -0.25) is 14.9 Å². The number of hydrogen-bond acceptors (Lipinski definition) is 6. The van der Waals surface area contributed by atoms with Gasteiger partial charge in [-0.2, -0.15) is 0 Å². The molecule has 0 aliphatic heterocycles. The third-order valence-corrected chi connectivity index (χ3v) is 4.43. The van der Waals surface area contributed by atoms with Crippen LogP contribution in [0, 0.1) is 20.2 Å². The van der Waals surface area contributed by atoms with Crippen molar-refractivity contribution in [2.45, 2.75) is 12.5 Å². The average Bonchev–Trinajstić information content (AvgIpc) is 2.74. The monoisotopic (exact) mass is 443 g/mol. The summed E-state index contributed by atoms with van der Waals surface area (Å²) in [5.41, 5.74) is 2.27. The van der Waals surface area contributed by atoms with E-state index in [0.29, 0.717) is 16.3 Å². The normalized spacial score (nSPS) is 10.9. The van der Waals surface area contributed by atoms with E-state index in [1.807, 2.05) is 30.3 Å². The zero-order valence-corrected chi connectivity index (χ0v) is 16.8. The highest BCUT2D eigenvalue weighted by Gasteiger charge is 2.18. The summed E-state index contributed by atoms with van der Waals surface area (Å²) in [6.07, 6.45) is 0.239. The van der Waals surface area contributed by atoms with Gasteiger partial charge >= 0.3 is 0 Å². The molecule has 3 rings (SSSR count). The molecule has 9 nitrogen and oxygen atoms in total. The van der Waals surface area contributed by atoms with Crippen molar-refractivity contribution in [3.8, 4) is 0 Å². The van der Waals surface area contributed by atoms with Gasteiger partial charge in [0, 0.05) is 34.8 Å². The van der Waals surface area contributed by atoms with Gasteiger partial charge in [-0.15, -0.1) is 10.1 Å². The van der Waals surface area contributed by atoms with Crippen molar-refractivity contribution in [3.63, 3.8) is 0 Å². The van der Waals surface area contributed by atoms with Crippen LogP contribution in [-0.4, -0.2) is 21.0 Å². The maximum atomic E-state index is 12.7. The second-order valence-corrected chi connectivity index (χ2v) is 6.72. The maximum absolute atomic E-state index is 12.7. The van der Waals surface area contributed by atoms with Crippen LogP contribution in [0.3, 0.4) is 0 Å². The number of nitrogens with one attached hydrogen (secondary N) is 1. The van der Waals surface area contributed by atoms with Crippen LogP contribution in [0.15, 0.2) is 78.9 Å². The van der Waals surface area contributed by atoms with Crippen LogP contribution in [0.2, 0.25) is 5.02 Å². The fraction of sp³-hybridized carbons (Fsp3) is 0.0952. The molecule has 160 valence electrons. The van der Waals surface area contributed by atoms with Gasteiger partial charge in [0.05, 0.1) is 11.0 Å². The van der Waals surface area contributed by atoms with Gasteiger partial charge in [-0.1, -0.05) is 41.9 Å². The molecule has 0 spiro atoms. The van der Waals surface area contributed by atoms with Crippen molar-refractivity contribution in [3.05, 3.63) is 115 Å². The number of rotatable bonds is 7. The van der Waals surface area contributed by atoms with E-state index in [1.54, 1.807) is 36.4 Å². The summed E-state index contributed by atoms with van der Waals surface area (Å²) in [6.45, 7) is 0. The third-order valence-electron chi connectivity index (χ3n) is 4.18. The number of nitrogens with zero attached hydrogens (tertiary/aromatic N) is 2. The number of ketones is 1. The first-order valence-corrected chi connectivity index (χ1v) is 9.32. The van der Waals surface area contributed by atoms with Crippen molar-refractivity contribution in [1.82, 2.24) is 0 Å². The first kappa shape index (κ1) is 23.3. The molecule has 0 aromatic heterocycles. The van der Waals surface area contributed by atoms with E-state index in [1.165, 1.54) is 12.1 Å². The summed E-state index contributed by atoms with van der Waals surface area (Å²) in [4.78, 5) is 31.4. The molecule has 0 aliphatic rings. The Kier molecular flexibility index (Phi) is 8.47. The molecule has 0 fully saturated rings. The Labute approximate surface area is 182 Å². The highest BCUT2D eigenvalue weighted by molar-refractivity contribution is 6.30. The Hall–Kier alpha value is -3.98. The largest absolute Gasteiger partial charge is 0.378 e. The number of Topliss-reactive ketones (excluding diaryl/α,β-unsaturated/α-hetero) is 1. The second-order valence-electron chi connectivity index (χ2n) is 6.28. The van der Waals surface area contributed by atoms with Gasteiger partial charge in [-0.25, -0.2) is 0 Å². The molecule has 0 heterocycles. The third kappa shape index (κ3) is 7.75. The molecule has 31 heavy (non-hydrogen) atoms. The molecule has 0 bridgehead atoms. The Morgan fingerprint density at radius 3 is 2.00 bits per heavy atom. The van der Waals surface area contributed by atoms with Crippen LogP contribution >= 0.6 is 11.6 Å². The van der Waals surface area contributed by atoms with E-state index in [9.17, 15) is 14.9 Å². The summed E-state index contributed by atoms with van der Waals surface area (Å²) in [7, 11) is 0. The first-order chi connectivity index (χ1) is 14.8. The lowest BCUT2D eigenvalue weighted by atomic mass is 9.97. The van der Waals surface area contributed by atoms with Gasteiger partial charge in [0.25, 0.3) is 10.8 Å². The number of hydrogen-bond donors (Lipinski definition) is 2. The van der Waals surface area contributed by atoms with Crippen molar-refractivity contribution in [2.75, 3.05) is 5.32 Å². The summed E-state index contributed by atoms with van der Waals surface area (Å²) < 4.78 is 0. The van der Waals surface area contributed by atoms with Crippen molar-refractivity contribution >= 4 is 28.8 Å². The Morgan fingerprint density at radius 2 is 1.48 bits per heavy atom. The summed E-state index contributed by atoms with van der Waals surface area (Å²) in [6, 6.07) is 22.3. The molecular formula is C21H18ClN3O6. The van der Waals surface area contributed by atoms with Crippen LogP contribution in [0.1, 0.15) is 28.4 Å². The Bertz CT molecular complexity index is 1020. The zero-order chi connectivity index (χ0) is 22.8. The van der Waals surface area contributed by atoms with Crippen LogP contribution in [0.25, 0.3) is 0 Å². The predicted octanol–water partition coefficient (Wildman–Crippen LogP) is 5.33. The molecule has 2 N–H and O–H groups in total. The number of anilines is 1. The van der Waals surface area contributed by atoms with Crippen molar-refractivity contribution in [1.29, 1.82) is 0 Å². The molecular weight excluding hydrogens is 426 g/mol. The van der Waals surface area contributed by atoms with E-state index >= 15 is 0 Å². The predicted molar refractivity (Wildman–Crippen MR) is 115 cm³/mol. The minimum Gasteiger partial charge on any atom is -0.378 e. The average molecular weight is 444 g/mol. The van der Waals surface area contributed by atoms with E-state index in [-0.39, 0.29) is 23.9 Å². The number of carbonyl (C=O) groups excluding carboxylic acids is 1. The van der Waals surface area contributed by atoms with Gasteiger partial charge in [-0.05, 0) is 42.0 Å². The van der Waals surface area contributed by atoms with E-state index in [2.05, 4.69) is 5.32 Å². The highest BCUT2D eigenvalue weighted by atomic mass is 35.5. The molecule has 0 saturated heterocycles. The lowest BCUT2D eigenvalue weighted by Gasteiger charge is -2.20. The quantitative estimate of drug-likeness (QED) is 0.286. The molecule has 3 aromatic rings. The van der Waals surface area contributed by atoms with Gasteiger partial charge in [0.15, 0.2) is 5.78 Å². The number of carbonyl (C=O) groups is 1. The standard InChI is InChI=1S/C21H17ClN2O3.HNO3/c22-17-8-6-16(7-9-17)21(25)14-20(15-4-2-1-3-5-15)23-18-10-12-19(13-11-18)24(26)27;2-1(3)4/h1-13,20,23H,14H2;(H,2,3,4). The van der Waals surface area contributed by atoms with E-state index < -0.39 is 10.0 Å². The smallest absolute Gasteiger partial charge is 0.291 e. The SMILES string of the molecule is O=C(CC(Nc1ccc([N+](=O)[O-])cc1)c1ccccc1)c1ccc(Cl)cc1.O=[N+]([O-])O. The second kappa shape index (κ2) is 11.3. The Balaban J connectivity index is 0.000000785. The number of benzene rings is 3. The number of non-ortho nitro benzene ring substituents is 1. The maximum Gasteiger partial charge on any atom is 0.291 e.